The Balaban J connectivity index is 1.34. The zero-order chi connectivity index (χ0) is 24.2. The van der Waals surface area contributed by atoms with Crippen LogP contribution in [0.5, 0.6) is 11.5 Å². The number of rotatable bonds is 8. The number of hydrogen-bond acceptors (Lipinski definition) is 7. The summed E-state index contributed by atoms with van der Waals surface area (Å²) in [6.45, 7) is 2.79. The number of nitrogens with zero attached hydrogens (tertiary/aromatic N) is 3. The average molecular weight is 543 g/mol. The zero-order valence-electron chi connectivity index (χ0n) is 17.7. The van der Waals surface area contributed by atoms with Crippen LogP contribution in [0.3, 0.4) is 0 Å². The van der Waals surface area contributed by atoms with Gasteiger partial charge in [0.05, 0.1) is 33.1 Å². The molecule has 0 saturated carbocycles. The number of benzene rings is 2. The summed E-state index contributed by atoms with van der Waals surface area (Å²) in [5, 5.41) is 15.2. The van der Waals surface area contributed by atoms with Gasteiger partial charge in [0.2, 0.25) is 12.7 Å². The molecular weight excluding hydrogens is 525 g/mol. The largest absolute Gasteiger partial charge is 0.454 e. The standard InChI is InChI=1S/C21H18Cl3N5O4S/c1-2-29-18(8-25-20(31)11-3-4-16-17(5-11)33-10-32-16)27-28-21(29)34-9-19(30)26-15-7-13(23)12(22)6-14(15)24/h3-7H,2,8-10H2,1H3,(H,25,31)(H,26,30). The van der Waals surface area contributed by atoms with Crippen molar-refractivity contribution in [3.05, 3.63) is 56.8 Å². The molecule has 0 atom stereocenters. The second kappa shape index (κ2) is 10.7. The Kier molecular flexibility index (Phi) is 7.72. The fourth-order valence-corrected chi connectivity index (χ4v) is 4.52. The van der Waals surface area contributed by atoms with Gasteiger partial charge in [0, 0.05) is 12.1 Å². The Morgan fingerprint density at radius 1 is 1.06 bits per heavy atom. The molecule has 178 valence electrons. The third kappa shape index (κ3) is 5.52. The van der Waals surface area contributed by atoms with Crippen molar-refractivity contribution in [2.24, 2.45) is 0 Å². The lowest BCUT2D eigenvalue weighted by molar-refractivity contribution is -0.113. The van der Waals surface area contributed by atoms with Crippen molar-refractivity contribution in [3.8, 4) is 11.5 Å². The van der Waals surface area contributed by atoms with Crippen molar-refractivity contribution in [1.29, 1.82) is 0 Å². The number of hydrogen-bond donors (Lipinski definition) is 2. The highest BCUT2D eigenvalue weighted by atomic mass is 35.5. The lowest BCUT2D eigenvalue weighted by Crippen LogP contribution is -2.24. The molecule has 3 aromatic rings. The van der Waals surface area contributed by atoms with Crippen molar-refractivity contribution in [2.45, 2.75) is 25.2 Å². The molecule has 0 aliphatic carbocycles. The predicted molar refractivity (Wildman–Crippen MR) is 130 cm³/mol. The van der Waals surface area contributed by atoms with Crippen LogP contribution in [0.2, 0.25) is 15.1 Å². The first-order valence-electron chi connectivity index (χ1n) is 10.0. The first-order chi connectivity index (χ1) is 16.4. The van der Waals surface area contributed by atoms with Crippen molar-refractivity contribution in [2.75, 3.05) is 17.9 Å². The van der Waals surface area contributed by atoms with E-state index in [1.807, 2.05) is 11.5 Å². The van der Waals surface area contributed by atoms with Crippen LogP contribution in [0.15, 0.2) is 35.5 Å². The van der Waals surface area contributed by atoms with E-state index >= 15 is 0 Å². The van der Waals surface area contributed by atoms with Gasteiger partial charge in [0.1, 0.15) is 0 Å². The molecule has 34 heavy (non-hydrogen) atoms. The lowest BCUT2D eigenvalue weighted by atomic mass is 10.2. The minimum atomic E-state index is -0.298. The molecule has 13 heteroatoms. The monoisotopic (exact) mass is 541 g/mol. The van der Waals surface area contributed by atoms with E-state index in [2.05, 4.69) is 20.8 Å². The molecule has 0 radical (unpaired) electrons. The molecule has 2 amide bonds. The number of amides is 2. The first-order valence-corrected chi connectivity index (χ1v) is 12.1. The number of halogens is 3. The molecule has 0 bridgehead atoms. The normalized spacial score (nSPS) is 12.0. The predicted octanol–water partition coefficient (Wildman–Crippen LogP) is 4.65. The van der Waals surface area contributed by atoms with E-state index < -0.39 is 0 Å². The molecule has 0 spiro atoms. The van der Waals surface area contributed by atoms with E-state index in [0.717, 1.165) is 0 Å². The van der Waals surface area contributed by atoms with E-state index in [-0.39, 0.29) is 41.0 Å². The average Bonchev–Trinajstić information content (AvgIpc) is 3.45. The van der Waals surface area contributed by atoms with E-state index in [9.17, 15) is 9.59 Å². The summed E-state index contributed by atoms with van der Waals surface area (Å²) in [4.78, 5) is 24.9. The second-order valence-electron chi connectivity index (χ2n) is 6.98. The topological polar surface area (TPSA) is 107 Å². The Labute approximate surface area is 214 Å². The quantitative estimate of drug-likeness (QED) is 0.315. The highest BCUT2D eigenvalue weighted by Gasteiger charge is 2.18. The smallest absolute Gasteiger partial charge is 0.251 e. The van der Waals surface area contributed by atoms with Gasteiger partial charge in [-0.05, 0) is 37.3 Å². The number of carbonyl (C=O) groups is 2. The van der Waals surface area contributed by atoms with Crippen LogP contribution in [0, 0.1) is 0 Å². The third-order valence-corrected chi connectivity index (χ3v) is 6.77. The highest BCUT2D eigenvalue weighted by Crippen LogP contribution is 2.33. The Morgan fingerprint density at radius 2 is 1.82 bits per heavy atom. The maximum Gasteiger partial charge on any atom is 0.251 e. The van der Waals surface area contributed by atoms with Crippen molar-refractivity contribution in [1.82, 2.24) is 20.1 Å². The number of nitrogens with one attached hydrogen (secondary N) is 2. The maximum atomic E-state index is 12.5. The van der Waals surface area contributed by atoms with Crippen LogP contribution < -0.4 is 20.1 Å². The minimum absolute atomic E-state index is 0.0677. The Morgan fingerprint density at radius 3 is 2.62 bits per heavy atom. The lowest BCUT2D eigenvalue weighted by Gasteiger charge is -2.10. The molecule has 1 aromatic heterocycles. The molecule has 4 rings (SSSR count). The van der Waals surface area contributed by atoms with E-state index in [4.69, 9.17) is 44.3 Å². The van der Waals surface area contributed by atoms with Crippen LogP contribution in [-0.4, -0.2) is 39.1 Å². The summed E-state index contributed by atoms with van der Waals surface area (Å²) in [7, 11) is 0. The summed E-state index contributed by atoms with van der Waals surface area (Å²) in [5.74, 6) is 1.19. The maximum absolute atomic E-state index is 12.5. The van der Waals surface area contributed by atoms with Crippen molar-refractivity contribution in [3.63, 3.8) is 0 Å². The van der Waals surface area contributed by atoms with Gasteiger partial charge in [0.25, 0.3) is 5.91 Å². The Hall–Kier alpha value is -2.66. The van der Waals surface area contributed by atoms with Crippen LogP contribution in [0.4, 0.5) is 5.69 Å². The number of anilines is 1. The zero-order valence-corrected chi connectivity index (χ0v) is 20.8. The molecule has 0 fully saturated rings. The van der Waals surface area contributed by atoms with Crippen LogP contribution in [0.1, 0.15) is 23.1 Å². The van der Waals surface area contributed by atoms with Gasteiger partial charge >= 0.3 is 0 Å². The van der Waals surface area contributed by atoms with Gasteiger partial charge in [-0.1, -0.05) is 46.6 Å². The molecule has 2 aromatic carbocycles. The van der Waals surface area contributed by atoms with E-state index in [0.29, 0.717) is 45.3 Å². The SMILES string of the molecule is CCn1c(CNC(=O)c2ccc3c(c2)OCO3)nnc1SCC(=O)Nc1cc(Cl)c(Cl)cc1Cl. The van der Waals surface area contributed by atoms with Gasteiger partial charge in [-0.2, -0.15) is 0 Å². The van der Waals surface area contributed by atoms with E-state index in [1.165, 1.54) is 23.9 Å². The number of thioether (sulfide) groups is 1. The molecule has 2 heterocycles. The number of fused-ring (bicyclic) bond motifs is 1. The van der Waals surface area contributed by atoms with E-state index in [1.54, 1.807) is 18.2 Å². The fourth-order valence-electron chi connectivity index (χ4n) is 3.11. The molecule has 2 N–H and O–H groups in total. The van der Waals surface area contributed by atoms with Gasteiger partial charge in [0.15, 0.2) is 22.5 Å². The molecule has 1 aliphatic heterocycles. The fraction of sp³-hybridized carbons (Fsp3) is 0.238. The number of aromatic nitrogens is 3. The molecule has 0 unspecified atom stereocenters. The number of ether oxygens (including phenoxy) is 2. The summed E-state index contributed by atoms with van der Waals surface area (Å²) in [6, 6.07) is 7.93. The second-order valence-corrected chi connectivity index (χ2v) is 9.14. The summed E-state index contributed by atoms with van der Waals surface area (Å²) >= 11 is 19.2. The van der Waals surface area contributed by atoms with Gasteiger partial charge < -0.3 is 24.7 Å². The molecule has 9 nitrogen and oxygen atoms in total. The van der Waals surface area contributed by atoms with Crippen LogP contribution >= 0.6 is 46.6 Å². The minimum Gasteiger partial charge on any atom is -0.454 e. The van der Waals surface area contributed by atoms with Crippen molar-refractivity contribution < 1.29 is 19.1 Å². The van der Waals surface area contributed by atoms with Crippen LogP contribution in [-0.2, 0) is 17.9 Å². The summed E-state index contributed by atoms with van der Waals surface area (Å²) in [6.07, 6.45) is 0. The third-order valence-electron chi connectivity index (χ3n) is 4.77. The summed E-state index contributed by atoms with van der Waals surface area (Å²) < 4.78 is 12.4. The van der Waals surface area contributed by atoms with Gasteiger partial charge in [-0.15, -0.1) is 10.2 Å². The van der Waals surface area contributed by atoms with Crippen molar-refractivity contribution >= 4 is 64.1 Å². The molecule has 1 aliphatic rings. The highest BCUT2D eigenvalue weighted by molar-refractivity contribution is 7.99. The molecule has 0 saturated heterocycles. The Bertz CT molecular complexity index is 1250. The number of carbonyl (C=O) groups excluding carboxylic acids is 2. The van der Waals surface area contributed by atoms with Gasteiger partial charge in [-0.25, -0.2) is 0 Å². The van der Waals surface area contributed by atoms with Crippen LogP contribution in [0.25, 0.3) is 0 Å². The first kappa shape index (κ1) is 24.5. The van der Waals surface area contributed by atoms with Gasteiger partial charge in [-0.3, -0.25) is 9.59 Å². The molecular formula is C21H18Cl3N5O4S. The summed E-state index contributed by atoms with van der Waals surface area (Å²) in [5.41, 5.74) is 0.810.